The smallest absolute Gasteiger partial charge is 0.285 e. The Kier molecular flexibility index (Phi) is 8.84. The quantitative estimate of drug-likeness (QED) is 0.141. The number of halogens is 1. The van der Waals surface area contributed by atoms with Gasteiger partial charge in [0.2, 0.25) is 0 Å². The number of nitro groups is 1. The zero-order valence-electron chi connectivity index (χ0n) is 20.5. The number of ether oxygens (including phenoxy) is 3. The van der Waals surface area contributed by atoms with Gasteiger partial charge in [-0.2, -0.15) is 5.01 Å². The van der Waals surface area contributed by atoms with Crippen LogP contribution in [0.5, 0.6) is 17.2 Å². The number of hydrogen-bond acceptors (Lipinski definition) is 9. The molecule has 0 atom stereocenters. The first-order chi connectivity index (χ1) is 18.7. The molecule has 3 aromatic rings. The van der Waals surface area contributed by atoms with Crippen molar-refractivity contribution in [2.24, 2.45) is 0 Å². The summed E-state index contributed by atoms with van der Waals surface area (Å²) in [5.74, 6) is 0.474. The Bertz CT molecular complexity index is 1480. The lowest BCUT2D eigenvalue weighted by Gasteiger charge is -2.15. The molecule has 3 aromatic carbocycles. The van der Waals surface area contributed by atoms with E-state index >= 15 is 0 Å². The number of carbonyl (C=O) groups is 2. The first-order valence-corrected chi connectivity index (χ1v) is 13.2. The van der Waals surface area contributed by atoms with Crippen LogP contribution in [0.1, 0.15) is 21.5 Å². The van der Waals surface area contributed by atoms with Gasteiger partial charge in [-0.3, -0.25) is 25.1 Å². The minimum Gasteiger partial charge on any atom is -0.497 e. The molecule has 1 N–H and O–H groups in total. The maximum absolute atomic E-state index is 13.0. The number of nitro benzene ring substituents is 1. The van der Waals surface area contributed by atoms with Crippen molar-refractivity contribution in [2.45, 2.75) is 6.61 Å². The number of non-ortho nitro benzene ring substituents is 1. The summed E-state index contributed by atoms with van der Waals surface area (Å²) in [6.45, 7) is 0.159. The van der Waals surface area contributed by atoms with E-state index in [9.17, 15) is 19.7 Å². The number of thioether (sulfide) groups is 1. The third-order valence-electron chi connectivity index (χ3n) is 5.47. The summed E-state index contributed by atoms with van der Waals surface area (Å²) in [7, 11) is 3.01. The molecule has 0 bridgehead atoms. The number of amides is 2. The van der Waals surface area contributed by atoms with Gasteiger partial charge in [-0.15, -0.1) is 0 Å². The lowest BCUT2D eigenvalue weighted by Crippen LogP contribution is -2.44. The van der Waals surface area contributed by atoms with Crippen LogP contribution in [0.2, 0.25) is 0 Å². The lowest BCUT2D eigenvalue weighted by atomic mass is 10.1. The van der Waals surface area contributed by atoms with Gasteiger partial charge >= 0.3 is 0 Å². The van der Waals surface area contributed by atoms with Gasteiger partial charge in [-0.25, -0.2) is 0 Å². The van der Waals surface area contributed by atoms with E-state index in [1.54, 1.807) is 54.6 Å². The number of thiocarbonyl (C=S) groups is 1. The normalized spacial score (nSPS) is 13.9. The Morgan fingerprint density at radius 2 is 1.79 bits per heavy atom. The summed E-state index contributed by atoms with van der Waals surface area (Å²) in [6, 6.07) is 15.9. The summed E-state index contributed by atoms with van der Waals surface area (Å²) >= 11 is 9.87. The molecule has 200 valence electrons. The monoisotopic (exact) mass is 629 g/mol. The number of hydrazine groups is 1. The predicted molar refractivity (Wildman–Crippen MR) is 154 cm³/mol. The van der Waals surface area contributed by atoms with Gasteiger partial charge in [0, 0.05) is 22.2 Å². The molecule has 4 rings (SSSR count). The third kappa shape index (κ3) is 6.56. The Hall–Kier alpha value is -3.94. The highest BCUT2D eigenvalue weighted by Crippen LogP contribution is 2.38. The molecule has 39 heavy (non-hydrogen) atoms. The van der Waals surface area contributed by atoms with Crippen molar-refractivity contribution in [2.75, 3.05) is 14.2 Å². The second-order valence-corrected chi connectivity index (χ2v) is 10.5. The van der Waals surface area contributed by atoms with Gasteiger partial charge in [0.25, 0.3) is 17.5 Å². The van der Waals surface area contributed by atoms with Crippen LogP contribution in [-0.4, -0.2) is 40.3 Å². The Morgan fingerprint density at radius 3 is 2.41 bits per heavy atom. The van der Waals surface area contributed by atoms with E-state index in [-0.39, 0.29) is 16.6 Å². The molecule has 0 saturated carbocycles. The first kappa shape index (κ1) is 28.1. The molecule has 1 saturated heterocycles. The van der Waals surface area contributed by atoms with Crippen molar-refractivity contribution in [1.82, 2.24) is 10.4 Å². The third-order valence-corrected chi connectivity index (χ3v) is 7.46. The standard InChI is InChI=1S/C26H20BrN3O7S2/c1-35-19-9-5-16(6-10-19)24(31)28-29-25(32)23(39-26(29)38)12-17-11-21(36-2)22(13-20(17)27)37-14-15-3-7-18(8-4-15)30(33)34/h3-13H,14H2,1-2H3,(H,28,31)/b23-12+. The van der Waals surface area contributed by atoms with Crippen molar-refractivity contribution in [1.29, 1.82) is 0 Å². The van der Waals surface area contributed by atoms with Crippen molar-refractivity contribution in [3.63, 3.8) is 0 Å². The summed E-state index contributed by atoms with van der Waals surface area (Å²) in [6.07, 6.45) is 1.63. The first-order valence-electron chi connectivity index (χ1n) is 11.2. The number of hydrogen-bond donors (Lipinski definition) is 1. The van der Waals surface area contributed by atoms with Gasteiger partial charge < -0.3 is 14.2 Å². The highest BCUT2D eigenvalue weighted by atomic mass is 79.9. The number of benzene rings is 3. The number of rotatable bonds is 9. The van der Waals surface area contributed by atoms with Crippen LogP contribution in [0.15, 0.2) is 70.0 Å². The molecule has 1 aliphatic heterocycles. The number of nitrogens with one attached hydrogen (secondary N) is 1. The molecule has 0 spiro atoms. The molecule has 0 aromatic heterocycles. The molecule has 0 radical (unpaired) electrons. The number of nitrogens with zero attached hydrogens (tertiary/aromatic N) is 2. The highest BCUT2D eigenvalue weighted by molar-refractivity contribution is 9.10. The lowest BCUT2D eigenvalue weighted by molar-refractivity contribution is -0.384. The zero-order valence-corrected chi connectivity index (χ0v) is 23.7. The average Bonchev–Trinajstić information content (AvgIpc) is 3.20. The van der Waals surface area contributed by atoms with Crippen LogP contribution in [0.25, 0.3) is 6.08 Å². The maximum Gasteiger partial charge on any atom is 0.285 e. The van der Waals surface area contributed by atoms with Crippen molar-refractivity contribution in [3.05, 3.63) is 96.8 Å². The molecular weight excluding hydrogens is 610 g/mol. The van der Waals surface area contributed by atoms with Crippen LogP contribution < -0.4 is 19.6 Å². The van der Waals surface area contributed by atoms with E-state index in [2.05, 4.69) is 21.4 Å². The summed E-state index contributed by atoms with van der Waals surface area (Å²) in [5, 5.41) is 11.9. The fourth-order valence-corrected chi connectivity index (χ4v) is 5.03. The van der Waals surface area contributed by atoms with Crippen LogP contribution in [-0.2, 0) is 11.4 Å². The van der Waals surface area contributed by atoms with E-state index in [0.717, 1.165) is 22.3 Å². The van der Waals surface area contributed by atoms with Crippen LogP contribution in [0.4, 0.5) is 5.69 Å². The van der Waals surface area contributed by atoms with Gasteiger partial charge in [-0.1, -0.05) is 27.7 Å². The van der Waals surface area contributed by atoms with E-state index in [4.69, 9.17) is 26.4 Å². The largest absolute Gasteiger partial charge is 0.497 e. The molecule has 1 aliphatic rings. The fourth-order valence-electron chi connectivity index (χ4n) is 3.42. The molecule has 2 amide bonds. The number of carbonyl (C=O) groups excluding carboxylic acids is 2. The second kappa shape index (κ2) is 12.3. The minimum absolute atomic E-state index is 0.00543. The Morgan fingerprint density at radius 1 is 1.10 bits per heavy atom. The minimum atomic E-state index is -0.493. The van der Waals surface area contributed by atoms with Gasteiger partial charge in [0.05, 0.1) is 24.0 Å². The Labute approximate surface area is 241 Å². The van der Waals surface area contributed by atoms with Crippen LogP contribution >= 0.6 is 39.9 Å². The summed E-state index contributed by atoms with van der Waals surface area (Å²) < 4.78 is 17.2. The topological polar surface area (TPSA) is 120 Å². The summed E-state index contributed by atoms with van der Waals surface area (Å²) in [4.78, 5) is 36.4. The molecular formula is C26H20BrN3O7S2. The molecule has 0 unspecified atom stereocenters. The van der Waals surface area contributed by atoms with Crippen LogP contribution in [0.3, 0.4) is 0 Å². The molecule has 0 aliphatic carbocycles. The van der Waals surface area contributed by atoms with E-state index in [1.807, 2.05) is 0 Å². The highest BCUT2D eigenvalue weighted by Gasteiger charge is 2.34. The van der Waals surface area contributed by atoms with Crippen molar-refractivity contribution >= 4 is 67.8 Å². The van der Waals surface area contributed by atoms with Gasteiger partial charge in [-0.05, 0) is 78.0 Å². The fraction of sp³-hybridized carbons (Fsp3) is 0.115. The molecule has 1 fully saturated rings. The van der Waals surface area contributed by atoms with E-state index in [1.165, 1.54) is 26.4 Å². The molecule has 13 heteroatoms. The van der Waals surface area contributed by atoms with E-state index < -0.39 is 16.7 Å². The zero-order chi connectivity index (χ0) is 28.1. The maximum atomic E-state index is 13.0. The Balaban J connectivity index is 1.48. The summed E-state index contributed by atoms with van der Waals surface area (Å²) in [5.41, 5.74) is 4.24. The molecule has 1 heterocycles. The average molecular weight is 630 g/mol. The SMILES string of the molecule is COc1ccc(C(=O)NN2C(=O)/C(=C\c3cc(OC)c(OCc4ccc([N+](=O)[O-])cc4)cc3Br)SC2=S)cc1. The van der Waals surface area contributed by atoms with Crippen LogP contribution in [0, 0.1) is 10.1 Å². The van der Waals surface area contributed by atoms with Crippen molar-refractivity contribution in [3.8, 4) is 17.2 Å². The number of methoxy groups -OCH3 is 2. The second-order valence-electron chi connectivity index (χ2n) is 7.92. The predicted octanol–water partition coefficient (Wildman–Crippen LogP) is 5.50. The van der Waals surface area contributed by atoms with Gasteiger partial charge in [0.1, 0.15) is 12.4 Å². The van der Waals surface area contributed by atoms with Crippen molar-refractivity contribution < 1.29 is 28.7 Å². The van der Waals surface area contributed by atoms with Gasteiger partial charge in [0.15, 0.2) is 15.8 Å². The van der Waals surface area contributed by atoms with E-state index in [0.29, 0.717) is 37.8 Å². The molecule has 10 nitrogen and oxygen atoms in total.